The Morgan fingerprint density at radius 3 is 2.63 bits per heavy atom. The van der Waals surface area contributed by atoms with E-state index < -0.39 is 5.54 Å². The van der Waals surface area contributed by atoms with Crippen LogP contribution in [-0.4, -0.2) is 22.0 Å². The lowest BCUT2D eigenvalue weighted by molar-refractivity contribution is 0.0902. The summed E-state index contributed by atoms with van der Waals surface area (Å²) in [6, 6.07) is 9.68. The first-order valence-electron chi connectivity index (χ1n) is 6.11. The van der Waals surface area contributed by atoms with Gasteiger partial charge in [0.05, 0.1) is 11.9 Å². The second-order valence-corrected chi connectivity index (χ2v) is 4.78. The highest BCUT2D eigenvalue weighted by atomic mass is 16.2. The maximum absolute atomic E-state index is 12.2. The van der Waals surface area contributed by atoms with E-state index in [4.69, 9.17) is 5.73 Å². The molecule has 0 saturated carbocycles. The van der Waals surface area contributed by atoms with Crippen molar-refractivity contribution in [1.29, 1.82) is 0 Å². The third-order valence-corrected chi connectivity index (χ3v) is 3.15. The summed E-state index contributed by atoms with van der Waals surface area (Å²) < 4.78 is 1.73. The van der Waals surface area contributed by atoms with Gasteiger partial charge < -0.3 is 15.6 Å². The van der Waals surface area contributed by atoms with E-state index in [-0.39, 0.29) is 5.91 Å². The molecule has 1 heterocycles. The van der Waals surface area contributed by atoms with E-state index in [1.165, 1.54) is 0 Å². The molecule has 2 rings (SSSR count). The lowest BCUT2D eigenvalue weighted by Crippen LogP contribution is -2.48. The number of amides is 1. The number of rotatable bonds is 4. The van der Waals surface area contributed by atoms with Gasteiger partial charge in [0.15, 0.2) is 0 Å². The molecule has 0 aliphatic heterocycles. The van der Waals surface area contributed by atoms with Crippen molar-refractivity contribution in [2.24, 2.45) is 12.8 Å². The maximum atomic E-state index is 12.2. The van der Waals surface area contributed by atoms with Crippen LogP contribution in [0.25, 0.3) is 0 Å². The largest absolute Gasteiger partial charge is 0.340 e. The molecule has 1 atom stereocenters. The third kappa shape index (κ3) is 2.82. The van der Waals surface area contributed by atoms with Crippen molar-refractivity contribution in [3.8, 4) is 0 Å². The minimum Gasteiger partial charge on any atom is -0.340 e. The number of hydrogen-bond donors (Lipinski definition) is 2. The van der Waals surface area contributed by atoms with Gasteiger partial charge in [-0.15, -0.1) is 0 Å². The zero-order valence-electron chi connectivity index (χ0n) is 11.1. The van der Waals surface area contributed by atoms with Crippen molar-refractivity contribution in [2.75, 3.05) is 6.54 Å². The number of hydrogen-bond acceptors (Lipinski definition) is 3. The molecule has 2 aromatic rings. The van der Waals surface area contributed by atoms with Crippen LogP contribution in [-0.2, 0) is 12.6 Å². The fourth-order valence-electron chi connectivity index (χ4n) is 1.89. The fraction of sp³-hybridized carbons (Fsp3) is 0.286. The molecule has 0 fully saturated rings. The number of imidazole rings is 1. The van der Waals surface area contributed by atoms with Crippen LogP contribution in [0.4, 0.5) is 0 Å². The normalized spacial score (nSPS) is 13.8. The van der Waals surface area contributed by atoms with E-state index >= 15 is 0 Å². The van der Waals surface area contributed by atoms with Crippen molar-refractivity contribution in [3.05, 3.63) is 54.1 Å². The first kappa shape index (κ1) is 13.3. The van der Waals surface area contributed by atoms with E-state index in [1.54, 1.807) is 17.1 Å². The average molecular weight is 258 g/mol. The highest BCUT2D eigenvalue weighted by molar-refractivity contribution is 5.92. The van der Waals surface area contributed by atoms with Gasteiger partial charge in [-0.2, -0.15) is 0 Å². The molecule has 0 aliphatic rings. The minimum absolute atomic E-state index is 0.225. The number of carbonyl (C=O) groups excluding carboxylic acids is 1. The van der Waals surface area contributed by atoms with Crippen LogP contribution in [0.15, 0.2) is 42.9 Å². The fourth-order valence-corrected chi connectivity index (χ4v) is 1.89. The third-order valence-electron chi connectivity index (χ3n) is 3.15. The smallest absolute Gasteiger partial charge is 0.272 e. The minimum atomic E-state index is -0.601. The molecule has 5 nitrogen and oxygen atoms in total. The molecular formula is C14H18N4O. The Kier molecular flexibility index (Phi) is 3.66. The van der Waals surface area contributed by atoms with Crippen LogP contribution in [0.1, 0.15) is 23.0 Å². The number of benzene rings is 1. The van der Waals surface area contributed by atoms with E-state index in [0.29, 0.717) is 12.2 Å². The maximum Gasteiger partial charge on any atom is 0.272 e. The predicted molar refractivity (Wildman–Crippen MR) is 73.5 cm³/mol. The Morgan fingerprint density at radius 2 is 2.11 bits per heavy atom. The van der Waals surface area contributed by atoms with Crippen molar-refractivity contribution < 1.29 is 4.79 Å². The predicted octanol–water partition coefficient (Wildman–Crippen LogP) is 1.02. The Hall–Kier alpha value is -2.14. The van der Waals surface area contributed by atoms with Crippen LogP contribution in [0.5, 0.6) is 0 Å². The van der Waals surface area contributed by atoms with Gasteiger partial charge in [0.1, 0.15) is 5.69 Å². The standard InChI is InChI=1S/C14H18N4O/c1-14(9-15,11-6-4-3-5-7-11)17-13(19)12-8-18(2)10-16-12/h3-8,10H,9,15H2,1-2H3,(H,17,19). The zero-order valence-corrected chi connectivity index (χ0v) is 11.1. The molecule has 0 spiro atoms. The second kappa shape index (κ2) is 5.24. The van der Waals surface area contributed by atoms with E-state index in [1.807, 2.05) is 44.3 Å². The van der Waals surface area contributed by atoms with Crippen LogP contribution < -0.4 is 11.1 Å². The number of nitrogens with two attached hydrogens (primary N) is 1. The topological polar surface area (TPSA) is 72.9 Å². The van der Waals surface area contributed by atoms with Gasteiger partial charge in [-0.3, -0.25) is 4.79 Å². The molecule has 19 heavy (non-hydrogen) atoms. The number of aryl methyl sites for hydroxylation is 1. The van der Waals surface area contributed by atoms with Gasteiger partial charge in [0.25, 0.3) is 5.91 Å². The van der Waals surface area contributed by atoms with Gasteiger partial charge in [0.2, 0.25) is 0 Å². The van der Waals surface area contributed by atoms with Crippen LogP contribution in [0.3, 0.4) is 0 Å². The van der Waals surface area contributed by atoms with Gasteiger partial charge in [-0.25, -0.2) is 4.98 Å². The number of nitrogens with one attached hydrogen (secondary N) is 1. The molecule has 0 aliphatic carbocycles. The molecule has 1 aromatic heterocycles. The molecular weight excluding hydrogens is 240 g/mol. The number of aromatic nitrogens is 2. The summed E-state index contributed by atoms with van der Waals surface area (Å²) in [6.07, 6.45) is 3.27. The average Bonchev–Trinajstić information content (AvgIpc) is 2.86. The number of nitrogens with zero attached hydrogens (tertiary/aromatic N) is 2. The van der Waals surface area contributed by atoms with Crippen molar-refractivity contribution in [1.82, 2.24) is 14.9 Å². The van der Waals surface area contributed by atoms with E-state index in [0.717, 1.165) is 5.56 Å². The van der Waals surface area contributed by atoms with E-state index in [2.05, 4.69) is 10.3 Å². The van der Waals surface area contributed by atoms with Crippen LogP contribution in [0, 0.1) is 0 Å². The van der Waals surface area contributed by atoms with E-state index in [9.17, 15) is 4.79 Å². The van der Waals surface area contributed by atoms with Gasteiger partial charge in [0, 0.05) is 19.8 Å². The highest BCUT2D eigenvalue weighted by Crippen LogP contribution is 2.19. The summed E-state index contributed by atoms with van der Waals surface area (Å²) in [5, 5.41) is 2.95. The number of carbonyl (C=O) groups is 1. The quantitative estimate of drug-likeness (QED) is 0.860. The van der Waals surface area contributed by atoms with Crippen LogP contribution >= 0.6 is 0 Å². The summed E-state index contributed by atoms with van der Waals surface area (Å²) in [5.41, 5.74) is 6.59. The molecule has 0 bridgehead atoms. The molecule has 0 radical (unpaired) electrons. The second-order valence-electron chi connectivity index (χ2n) is 4.78. The Balaban J connectivity index is 2.22. The van der Waals surface area contributed by atoms with Crippen molar-refractivity contribution in [2.45, 2.75) is 12.5 Å². The zero-order chi connectivity index (χ0) is 13.9. The summed E-state index contributed by atoms with van der Waals surface area (Å²) in [7, 11) is 1.82. The van der Waals surface area contributed by atoms with Gasteiger partial charge >= 0.3 is 0 Å². The molecule has 1 aromatic carbocycles. The van der Waals surface area contributed by atoms with Crippen LogP contribution in [0.2, 0.25) is 0 Å². The summed E-state index contributed by atoms with van der Waals surface area (Å²) in [4.78, 5) is 16.2. The molecule has 3 N–H and O–H groups in total. The van der Waals surface area contributed by atoms with Gasteiger partial charge in [-0.1, -0.05) is 30.3 Å². The Labute approximate surface area is 112 Å². The molecule has 100 valence electrons. The Morgan fingerprint density at radius 1 is 1.42 bits per heavy atom. The monoisotopic (exact) mass is 258 g/mol. The SMILES string of the molecule is Cn1cnc(C(=O)NC(C)(CN)c2ccccc2)c1. The first-order chi connectivity index (χ1) is 9.05. The molecule has 0 saturated heterocycles. The Bertz CT molecular complexity index is 564. The molecule has 5 heteroatoms. The summed E-state index contributed by atoms with van der Waals surface area (Å²) in [5.74, 6) is -0.225. The van der Waals surface area contributed by atoms with Crippen molar-refractivity contribution in [3.63, 3.8) is 0 Å². The lowest BCUT2D eigenvalue weighted by atomic mass is 9.92. The summed E-state index contributed by atoms with van der Waals surface area (Å²) >= 11 is 0. The molecule has 1 unspecified atom stereocenters. The lowest BCUT2D eigenvalue weighted by Gasteiger charge is -2.29. The van der Waals surface area contributed by atoms with Gasteiger partial charge in [-0.05, 0) is 12.5 Å². The van der Waals surface area contributed by atoms with Crippen molar-refractivity contribution >= 4 is 5.91 Å². The first-order valence-corrected chi connectivity index (χ1v) is 6.11. The summed E-state index contributed by atoms with van der Waals surface area (Å²) in [6.45, 7) is 2.22. The highest BCUT2D eigenvalue weighted by Gasteiger charge is 2.27. The molecule has 1 amide bonds.